The summed E-state index contributed by atoms with van der Waals surface area (Å²) in [5.41, 5.74) is 4.50. The number of halogens is 1. The van der Waals surface area contributed by atoms with E-state index in [0.29, 0.717) is 5.92 Å². The van der Waals surface area contributed by atoms with Gasteiger partial charge >= 0.3 is 5.97 Å². The summed E-state index contributed by atoms with van der Waals surface area (Å²) in [6, 6.07) is 6.75. The number of hydrogen-bond donors (Lipinski definition) is 0. The molecule has 0 aromatic heterocycles. The van der Waals surface area contributed by atoms with Crippen LogP contribution in [-0.4, -0.2) is 49.7 Å². The lowest BCUT2D eigenvalue weighted by Gasteiger charge is -2.46. The Bertz CT molecular complexity index is 843. The Morgan fingerprint density at radius 2 is 1.90 bits per heavy atom. The van der Waals surface area contributed by atoms with Crippen LogP contribution in [0, 0.1) is 23.1 Å². The van der Waals surface area contributed by atoms with Crippen LogP contribution in [0.4, 0.5) is 10.1 Å². The van der Waals surface area contributed by atoms with E-state index in [-0.39, 0.29) is 29.2 Å². The van der Waals surface area contributed by atoms with E-state index in [1.165, 1.54) is 31.4 Å². The van der Waals surface area contributed by atoms with Crippen molar-refractivity contribution in [2.45, 2.75) is 52.1 Å². The van der Waals surface area contributed by atoms with E-state index in [9.17, 15) is 9.18 Å². The lowest BCUT2D eigenvalue weighted by Crippen LogP contribution is -2.49. The maximum absolute atomic E-state index is 13.2. The fourth-order valence-corrected chi connectivity index (χ4v) is 6.44. The van der Waals surface area contributed by atoms with Crippen molar-refractivity contribution in [1.29, 1.82) is 0 Å². The Morgan fingerprint density at radius 3 is 2.63 bits per heavy atom. The standard InChI is InChI=1S/C25H33FN2O2/c1-17-4-3-9-25(2)15-23-20(14-22(17)25)21(24(29)30-23)16-27-10-12-28(13-11-27)19-7-5-18(26)6-8-19/h5-8,20-21,23H,3-4,9-16H2,1-2H3/t20-,21?,23-,25-/m1/s1. The highest BCUT2D eigenvalue weighted by atomic mass is 19.1. The number of carbonyl (C=O) groups is 1. The number of allylic oxidation sites excluding steroid dienone is 2. The number of rotatable bonds is 3. The molecule has 2 heterocycles. The Labute approximate surface area is 179 Å². The number of piperazine rings is 1. The Balaban J connectivity index is 1.24. The van der Waals surface area contributed by atoms with E-state index in [1.54, 1.807) is 11.1 Å². The first-order chi connectivity index (χ1) is 14.4. The molecule has 0 radical (unpaired) electrons. The number of fused-ring (bicyclic) bond motifs is 2. The zero-order valence-electron chi connectivity index (χ0n) is 18.2. The molecule has 0 spiro atoms. The molecule has 0 N–H and O–H groups in total. The van der Waals surface area contributed by atoms with Gasteiger partial charge in [0.2, 0.25) is 0 Å². The predicted molar refractivity (Wildman–Crippen MR) is 116 cm³/mol. The summed E-state index contributed by atoms with van der Waals surface area (Å²) in [7, 11) is 0. The molecule has 5 rings (SSSR count). The summed E-state index contributed by atoms with van der Waals surface area (Å²) in [4.78, 5) is 17.5. The fourth-order valence-electron chi connectivity index (χ4n) is 6.44. The van der Waals surface area contributed by atoms with E-state index >= 15 is 0 Å². The van der Waals surface area contributed by atoms with Crippen LogP contribution in [0.25, 0.3) is 0 Å². The second kappa shape index (κ2) is 7.67. The van der Waals surface area contributed by atoms with Gasteiger partial charge in [-0.05, 0) is 68.7 Å². The molecule has 2 aliphatic heterocycles. The minimum absolute atomic E-state index is 0.000789. The van der Waals surface area contributed by atoms with Crippen molar-refractivity contribution in [2.24, 2.45) is 17.3 Å². The molecule has 0 bridgehead atoms. The van der Waals surface area contributed by atoms with Crippen molar-refractivity contribution < 1.29 is 13.9 Å². The summed E-state index contributed by atoms with van der Waals surface area (Å²) in [5, 5.41) is 0. The van der Waals surface area contributed by atoms with Crippen LogP contribution in [0.15, 0.2) is 35.4 Å². The predicted octanol–water partition coefficient (Wildman–Crippen LogP) is 4.41. The van der Waals surface area contributed by atoms with E-state index in [0.717, 1.165) is 51.3 Å². The summed E-state index contributed by atoms with van der Waals surface area (Å²) < 4.78 is 19.1. The van der Waals surface area contributed by atoms with E-state index in [2.05, 4.69) is 23.6 Å². The number of carbonyl (C=O) groups excluding carboxylic acids is 1. The van der Waals surface area contributed by atoms with Crippen LogP contribution in [-0.2, 0) is 9.53 Å². The molecule has 3 fully saturated rings. The van der Waals surface area contributed by atoms with E-state index < -0.39 is 0 Å². The third-order valence-corrected chi connectivity index (χ3v) is 8.20. The van der Waals surface area contributed by atoms with Crippen molar-refractivity contribution in [2.75, 3.05) is 37.6 Å². The molecule has 1 unspecified atom stereocenters. The quantitative estimate of drug-likeness (QED) is 0.544. The first-order valence-corrected chi connectivity index (χ1v) is 11.6. The number of ether oxygens (including phenoxy) is 1. The van der Waals surface area contributed by atoms with Gasteiger partial charge in [-0.3, -0.25) is 9.69 Å². The highest BCUT2D eigenvalue weighted by Crippen LogP contribution is 2.55. The van der Waals surface area contributed by atoms with Gasteiger partial charge in [0.15, 0.2) is 0 Å². The van der Waals surface area contributed by atoms with E-state index in [4.69, 9.17) is 4.74 Å². The molecule has 5 heteroatoms. The summed E-state index contributed by atoms with van der Waals surface area (Å²) in [5.74, 6) is 0.160. The van der Waals surface area contributed by atoms with Crippen molar-refractivity contribution in [3.05, 3.63) is 41.2 Å². The van der Waals surface area contributed by atoms with Crippen molar-refractivity contribution in [3.8, 4) is 0 Å². The summed E-state index contributed by atoms with van der Waals surface area (Å²) in [6.45, 7) is 9.16. The molecule has 4 aliphatic rings. The second-order valence-electron chi connectivity index (χ2n) is 10.1. The molecule has 2 saturated heterocycles. The lowest BCUT2D eigenvalue weighted by atomic mass is 9.59. The van der Waals surface area contributed by atoms with Crippen LogP contribution >= 0.6 is 0 Å². The van der Waals surface area contributed by atoms with Crippen LogP contribution in [0.3, 0.4) is 0 Å². The molecular weight excluding hydrogens is 379 g/mol. The molecule has 4 nitrogen and oxygen atoms in total. The molecule has 1 aromatic carbocycles. The topological polar surface area (TPSA) is 32.8 Å². The molecular formula is C25H33FN2O2. The minimum atomic E-state index is -0.196. The van der Waals surface area contributed by atoms with Crippen LogP contribution < -0.4 is 4.90 Å². The van der Waals surface area contributed by atoms with Gasteiger partial charge in [-0.15, -0.1) is 0 Å². The van der Waals surface area contributed by atoms with Gasteiger partial charge < -0.3 is 9.64 Å². The highest BCUT2D eigenvalue weighted by Gasteiger charge is 2.53. The maximum Gasteiger partial charge on any atom is 0.310 e. The van der Waals surface area contributed by atoms with Gasteiger partial charge in [0.05, 0.1) is 5.92 Å². The van der Waals surface area contributed by atoms with Crippen molar-refractivity contribution >= 4 is 11.7 Å². The molecule has 162 valence electrons. The van der Waals surface area contributed by atoms with Crippen molar-refractivity contribution in [1.82, 2.24) is 4.90 Å². The van der Waals surface area contributed by atoms with E-state index in [1.807, 2.05) is 12.1 Å². The molecule has 4 atom stereocenters. The highest BCUT2D eigenvalue weighted by molar-refractivity contribution is 5.76. The normalized spacial score (nSPS) is 34.6. The monoisotopic (exact) mass is 412 g/mol. The Hall–Kier alpha value is -1.88. The van der Waals surface area contributed by atoms with Crippen LogP contribution in [0.1, 0.15) is 46.0 Å². The van der Waals surface area contributed by atoms with Crippen molar-refractivity contribution in [3.63, 3.8) is 0 Å². The van der Waals surface area contributed by atoms with Gasteiger partial charge in [0.1, 0.15) is 11.9 Å². The summed E-state index contributed by atoms with van der Waals surface area (Å²) >= 11 is 0. The largest absolute Gasteiger partial charge is 0.462 e. The van der Waals surface area contributed by atoms with Gasteiger partial charge in [-0.2, -0.15) is 0 Å². The lowest BCUT2D eigenvalue weighted by molar-refractivity contribution is -0.145. The number of nitrogens with zero attached hydrogens (tertiary/aromatic N) is 2. The molecule has 0 amide bonds. The van der Waals surface area contributed by atoms with Gasteiger partial charge in [0, 0.05) is 44.3 Å². The molecule has 30 heavy (non-hydrogen) atoms. The fraction of sp³-hybridized carbons (Fsp3) is 0.640. The van der Waals surface area contributed by atoms with Gasteiger partial charge in [-0.25, -0.2) is 4.39 Å². The molecule has 2 aliphatic carbocycles. The minimum Gasteiger partial charge on any atom is -0.462 e. The Kier molecular flexibility index (Phi) is 5.12. The first-order valence-electron chi connectivity index (χ1n) is 11.6. The number of anilines is 1. The van der Waals surface area contributed by atoms with Gasteiger partial charge in [-0.1, -0.05) is 18.1 Å². The average Bonchev–Trinajstić information content (AvgIpc) is 3.01. The molecule has 1 aromatic rings. The second-order valence-corrected chi connectivity index (χ2v) is 10.1. The van der Waals surface area contributed by atoms with Crippen LogP contribution in [0.5, 0.6) is 0 Å². The van der Waals surface area contributed by atoms with Crippen LogP contribution in [0.2, 0.25) is 0 Å². The first kappa shape index (κ1) is 20.0. The SMILES string of the molecule is CC1=C2C[C@@H]3C(CN4CCN(c5ccc(F)cc5)CC4)C(=O)O[C@@H]3C[C@@]2(C)CCC1. The Morgan fingerprint density at radius 1 is 1.17 bits per heavy atom. The average molecular weight is 413 g/mol. The zero-order valence-corrected chi connectivity index (χ0v) is 18.2. The zero-order chi connectivity index (χ0) is 20.9. The molecule has 1 saturated carbocycles. The van der Waals surface area contributed by atoms with Gasteiger partial charge in [0.25, 0.3) is 0 Å². The maximum atomic E-state index is 13.2. The number of esters is 1. The third-order valence-electron chi connectivity index (χ3n) is 8.20. The third kappa shape index (κ3) is 3.55. The smallest absolute Gasteiger partial charge is 0.310 e. The summed E-state index contributed by atoms with van der Waals surface area (Å²) in [6.07, 6.45) is 5.86. The number of benzene rings is 1. The number of hydrogen-bond acceptors (Lipinski definition) is 4.